The van der Waals surface area contributed by atoms with Gasteiger partial charge in [0.2, 0.25) is 0 Å². The Labute approximate surface area is 123 Å². The molecule has 2 rings (SSSR count). The maximum atomic E-state index is 11.8. The van der Waals surface area contributed by atoms with Crippen molar-refractivity contribution in [1.82, 2.24) is 0 Å². The second-order valence-electron chi connectivity index (χ2n) is 4.46. The third kappa shape index (κ3) is 5.07. The highest BCUT2D eigenvalue weighted by molar-refractivity contribution is 6.05. The molecule has 0 aliphatic carbocycles. The summed E-state index contributed by atoms with van der Waals surface area (Å²) in [7, 11) is 0. The molecule has 0 unspecified atom stereocenters. The summed E-state index contributed by atoms with van der Waals surface area (Å²) < 4.78 is 5.01. The van der Waals surface area contributed by atoms with Gasteiger partial charge in [-0.3, -0.25) is 9.59 Å². The minimum atomic E-state index is -0.512. The number of carbonyl (C=O) groups excluding carboxylic acids is 2. The fourth-order valence-electron chi connectivity index (χ4n) is 1.80. The minimum Gasteiger partial charge on any atom is -0.461 e. The fraction of sp³-hybridized carbons (Fsp3) is 0.111. The highest BCUT2D eigenvalue weighted by Crippen LogP contribution is 2.04. The first-order chi connectivity index (χ1) is 10.3. The van der Waals surface area contributed by atoms with E-state index in [4.69, 9.17) is 4.74 Å². The summed E-state index contributed by atoms with van der Waals surface area (Å²) in [6, 6.07) is 18.4. The molecule has 0 saturated heterocycles. The molecule has 0 aliphatic heterocycles. The second-order valence-corrected chi connectivity index (χ2v) is 4.46. The Bertz CT molecular complexity index is 615. The molecule has 2 aromatic carbocycles. The van der Waals surface area contributed by atoms with E-state index in [1.807, 2.05) is 42.5 Å². The molecule has 0 heterocycles. The van der Waals surface area contributed by atoms with Gasteiger partial charge in [-0.2, -0.15) is 0 Å². The highest BCUT2D eigenvalue weighted by atomic mass is 16.5. The molecule has 0 bridgehead atoms. The van der Waals surface area contributed by atoms with E-state index < -0.39 is 5.97 Å². The monoisotopic (exact) mass is 280 g/mol. The van der Waals surface area contributed by atoms with Crippen LogP contribution in [-0.2, 0) is 9.53 Å². The zero-order valence-electron chi connectivity index (χ0n) is 11.6. The molecule has 0 radical (unpaired) electrons. The molecule has 3 nitrogen and oxygen atoms in total. The van der Waals surface area contributed by atoms with Crippen molar-refractivity contribution in [3.63, 3.8) is 0 Å². The Hall–Kier alpha value is -2.68. The van der Waals surface area contributed by atoms with Gasteiger partial charge < -0.3 is 4.74 Å². The molecule has 0 aliphatic rings. The maximum Gasteiger partial charge on any atom is 0.314 e. The van der Waals surface area contributed by atoms with Crippen molar-refractivity contribution in [1.29, 1.82) is 0 Å². The van der Waals surface area contributed by atoms with Gasteiger partial charge in [-0.15, -0.1) is 0 Å². The van der Waals surface area contributed by atoms with Crippen LogP contribution in [0.15, 0.2) is 66.7 Å². The van der Waals surface area contributed by atoms with Crippen LogP contribution in [0.4, 0.5) is 0 Å². The van der Waals surface area contributed by atoms with Gasteiger partial charge in [0.25, 0.3) is 0 Å². The number of rotatable bonds is 6. The van der Waals surface area contributed by atoms with E-state index in [0.717, 1.165) is 5.56 Å². The molecule has 0 N–H and O–H groups in total. The van der Waals surface area contributed by atoms with Gasteiger partial charge >= 0.3 is 5.97 Å². The Kier molecular flexibility index (Phi) is 5.47. The molecule has 0 saturated carbocycles. The van der Waals surface area contributed by atoms with E-state index in [1.54, 1.807) is 30.3 Å². The summed E-state index contributed by atoms with van der Waals surface area (Å²) in [4.78, 5) is 23.4. The molecule has 0 amide bonds. The number of Topliss-reactive ketones (excluding diaryl/α,β-unsaturated/α-hetero) is 1. The third-order valence-corrected chi connectivity index (χ3v) is 2.85. The van der Waals surface area contributed by atoms with Crippen molar-refractivity contribution in [2.45, 2.75) is 6.42 Å². The number of esters is 1. The van der Waals surface area contributed by atoms with Crippen molar-refractivity contribution in [2.75, 3.05) is 6.61 Å². The lowest BCUT2D eigenvalue weighted by atomic mass is 10.1. The zero-order chi connectivity index (χ0) is 14.9. The lowest BCUT2D eigenvalue weighted by Gasteiger charge is -2.01. The SMILES string of the molecule is O=C(CC(=O)c1ccccc1)OC/C=C/c1ccccc1. The first-order valence-electron chi connectivity index (χ1n) is 6.71. The number of hydrogen-bond donors (Lipinski definition) is 0. The van der Waals surface area contributed by atoms with Gasteiger partial charge in [-0.1, -0.05) is 66.7 Å². The minimum absolute atomic E-state index is 0.162. The van der Waals surface area contributed by atoms with Gasteiger partial charge in [0.1, 0.15) is 13.0 Å². The van der Waals surface area contributed by atoms with E-state index in [-0.39, 0.29) is 18.8 Å². The molecule has 3 heteroatoms. The third-order valence-electron chi connectivity index (χ3n) is 2.85. The molecule has 0 aromatic heterocycles. The summed E-state index contributed by atoms with van der Waals surface area (Å²) >= 11 is 0. The molecule has 0 fully saturated rings. The summed E-state index contributed by atoms with van der Waals surface area (Å²) in [5.41, 5.74) is 1.56. The average molecular weight is 280 g/mol. The summed E-state index contributed by atoms with van der Waals surface area (Å²) in [6.07, 6.45) is 3.38. The Morgan fingerprint density at radius 3 is 2.19 bits per heavy atom. The number of carbonyl (C=O) groups is 2. The standard InChI is InChI=1S/C18H16O3/c19-17(16-11-5-2-6-12-16)14-18(20)21-13-7-10-15-8-3-1-4-9-15/h1-12H,13-14H2/b10-7+. The number of ketones is 1. The molecule has 2 aromatic rings. The van der Waals surface area contributed by atoms with E-state index in [0.29, 0.717) is 5.56 Å². The topological polar surface area (TPSA) is 43.4 Å². The van der Waals surface area contributed by atoms with E-state index in [2.05, 4.69) is 0 Å². The van der Waals surface area contributed by atoms with Crippen LogP contribution in [0, 0.1) is 0 Å². The van der Waals surface area contributed by atoms with Crippen molar-refractivity contribution in [3.05, 3.63) is 77.9 Å². The Morgan fingerprint density at radius 2 is 1.52 bits per heavy atom. The van der Waals surface area contributed by atoms with Crippen LogP contribution in [0.5, 0.6) is 0 Å². The quantitative estimate of drug-likeness (QED) is 0.462. The van der Waals surface area contributed by atoms with Gasteiger partial charge in [0.05, 0.1) is 0 Å². The molecular formula is C18H16O3. The summed E-state index contributed by atoms with van der Waals surface area (Å²) in [5.74, 6) is -0.741. The lowest BCUT2D eigenvalue weighted by Crippen LogP contribution is -2.11. The van der Waals surface area contributed by atoms with Crippen LogP contribution >= 0.6 is 0 Å². The van der Waals surface area contributed by atoms with E-state index in [9.17, 15) is 9.59 Å². The van der Waals surface area contributed by atoms with Crippen molar-refractivity contribution >= 4 is 17.8 Å². The Morgan fingerprint density at radius 1 is 0.905 bits per heavy atom. The van der Waals surface area contributed by atoms with Crippen LogP contribution in [0.25, 0.3) is 6.08 Å². The zero-order valence-corrected chi connectivity index (χ0v) is 11.6. The lowest BCUT2D eigenvalue weighted by molar-refractivity contribution is -0.141. The molecular weight excluding hydrogens is 264 g/mol. The highest BCUT2D eigenvalue weighted by Gasteiger charge is 2.11. The predicted octanol–water partition coefficient (Wildman–Crippen LogP) is 3.52. The van der Waals surface area contributed by atoms with Gasteiger partial charge in [0.15, 0.2) is 5.78 Å². The molecule has 0 spiro atoms. The summed E-state index contributed by atoms with van der Waals surface area (Å²) in [5, 5.41) is 0. The van der Waals surface area contributed by atoms with Gasteiger partial charge in [-0.25, -0.2) is 0 Å². The van der Waals surface area contributed by atoms with Crippen molar-refractivity contribution in [2.24, 2.45) is 0 Å². The molecule has 21 heavy (non-hydrogen) atoms. The number of benzene rings is 2. The van der Waals surface area contributed by atoms with E-state index in [1.165, 1.54) is 0 Å². The van der Waals surface area contributed by atoms with Crippen molar-refractivity contribution < 1.29 is 14.3 Å². The van der Waals surface area contributed by atoms with E-state index >= 15 is 0 Å². The van der Waals surface area contributed by atoms with Gasteiger partial charge in [0, 0.05) is 5.56 Å². The average Bonchev–Trinajstić information content (AvgIpc) is 2.53. The smallest absolute Gasteiger partial charge is 0.314 e. The summed E-state index contributed by atoms with van der Waals surface area (Å²) in [6.45, 7) is 0.162. The van der Waals surface area contributed by atoms with Crippen molar-refractivity contribution in [3.8, 4) is 0 Å². The van der Waals surface area contributed by atoms with Crippen LogP contribution in [-0.4, -0.2) is 18.4 Å². The molecule has 106 valence electrons. The first kappa shape index (κ1) is 14.7. The molecule has 0 atom stereocenters. The predicted molar refractivity (Wildman–Crippen MR) is 81.8 cm³/mol. The van der Waals surface area contributed by atoms with Crippen LogP contribution in [0.2, 0.25) is 0 Å². The number of ether oxygens (including phenoxy) is 1. The fourth-order valence-corrected chi connectivity index (χ4v) is 1.80. The van der Waals surface area contributed by atoms with Crippen LogP contribution in [0.1, 0.15) is 22.3 Å². The first-order valence-corrected chi connectivity index (χ1v) is 6.71. The largest absolute Gasteiger partial charge is 0.461 e. The second kappa shape index (κ2) is 7.80. The normalized spacial score (nSPS) is 10.5. The van der Waals surface area contributed by atoms with Crippen LogP contribution < -0.4 is 0 Å². The Balaban J connectivity index is 1.75. The maximum absolute atomic E-state index is 11.8. The van der Waals surface area contributed by atoms with Gasteiger partial charge in [-0.05, 0) is 11.6 Å². The van der Waals surface area contributed by atoms with Crippen LogP contribution in [0.3, 0.4) is 0 Å². The number of hydrogen-bond acceptors (Lipinski definition) is 3.